The van der Waals surface area contributed by atoms with E-state index < -0.39 is 0 Å². The molecule has 2 heterocycles. The zero-order valence-electron chi connectivity index (χ0n) is 16.4. The molecule has 1 fully saturated rings. The van der Waals surface area contributed by atoms with E-state index in [0.717, 1.165) is 41.0 Å². The van der Waals surface area contributed by atoms with Gasteiger partial charge in [-0.25, -0.2) is 0 Å². The van der Waals surface area contributed by atoms with Gasteiger partial charge in [0.25, 0.3) is 0 Å². The van der Waals surface area contributed by atoms with E-state index >= 15 is 0 Å². The number of nitrogens with zero attached hydrogens (tertiary/aromatic N) is 2. The molecule has 152 valence electrons. The summed E-state index contributed by atoms with van der Waals surface area (Å²) in [4.78, 5) is 12.3. The fourth-order valence-electron chi connectivity index (χ4n) is 2.94. The Hall–Kier alpha value is -1.64. The molecule has 2 atom stereocenters. The normalized spacial score (nSPS) is 17.4. The zero-order valence-corrected chi connectivity index (χ0v) is 18.1. The van der Waals surface area contributed by atoms with E-state index in [1.165, 1.54) is 41.5 Å². The molecule has 28 heavy (non-hydrogen) atoms. The largest absolute Gasteiger partial charge is 0.376 e. The average molecular weight is 421 g/mol. The third-order valence-electron chi connectivity index (χ3n) is 4.61. The van der Waals surface area contributed by atoms with Crippen molar-refractivity contribution in [3.63, 3.8) is 0 Å². The van der Waals surface area contributed by atoms with Crippen molar-refractivity contribution in [3.05, 3.63) is 29.8 Å². The molecule has 6 nitrogen and oxygen atoms in total. The van der Waals surface area contributed by atoms with Crippen LogP contribution in [0.2, 0.25) is 0 Å². The van der Waals surface area contributed by atoms with Gasteiger partial charge in [0.05, 0.1) is 11.4 Å². The number of hydrogen-bond donors (Lipinski definition) is 2. The number of carbonyl (C=O) groups is 1. The molecule has 0 spiro atoms. The molecule has 2 N–H and O–H groups in total. The van der Waals surface area contributed by atoms with E-state index in [0.29, 0.717) is 6.54 Å². The van der Waals surface area contributed by atoms with E-state index in [4.69, 9.17) is 4.74 Å². The first-order valence-electron chi connectivity index (χ1n) is 9.89. The number of hydrogen-bond acceptors (Lipinski definition) is 7. The second kappa shape index (κ2) is 10.8. The number of aromatic nitrogens is 2. The quantitative estimate of drug-likeness (QED) is 0.555. The number of unbranched alkanes of at least 4 members (excludes halogenated alkanes) is 1. The Labute approximate surface area is 174 Å². The Kier molecular flexibility index (Phi) is 8.12. The van der Waals surface area contributed by atoms with Gasteiger partial charge < -0.3 is 15.4 Å². The number of rotatable bonds is 10. The number of thioether (sulfide) groups is 1. The van der Waals surface area contributed by atoms with E-state index in [1.807, 2.05) is 6.92 Å². The van der Waals surface area contributed by atoms with E-state index in [2.05, 4.69) is 52.0 Å². The van der Waals surface area contributed by atoms with Crippen LogP contribution in [0.4, 0.5) is 10.8 Å². The highest BCUT2D eigenvalue weighted by Gasteiger charge is 2.20. The Balaban J connectivity index is 1.45. The number of benzene rings is 1. The molecular formula is C20H28N4O2S2. The Morgan fingerprint density at radius 1 is 1.36 bits per heavy atom. The molecule has 1 aromatic carbocycles. The van der Waals surface area contributed by atoms with Crippen LogP contribution in [0.3, 0.4) is 0 Å². The summed E-state index contributed by atoms with van der Waals surface area (Å²) in [7, 11) is 0. The predicted octanol–water partition coefficient (Wildman–Crippen LogP) is 4.40. The first-order valence-corrected chi connectivity index (χ1v) is 11.6. The molecule has 2 aromatic rings. The lowest BCUT2D eigenvalue weighted by atomic mass is 10.1. The topological polar surface area (TPSA) is 76.1 Å². The maximum Gasteiger partial charge on any atom is 0.233 e. The fourth-order valence-corrected chi connectivity index (χ4v) is 4.88. The molecular weight excluding hydrogens is 392 g/mol. The maximum absolute atomic E-state index is 12.3. The lowest BCUT2D eigenvalue weighted by Crippen LogP contribution is -2.36. The summed E-state index contributed by atoms with van der Waals surface area (Å²) in [5, 5.41) is 15.1. The molecule has 1 saturated heterocycles. The number of aryl methyl sites for hydroxylation is 1. The third-order valence-corrected chi connectivity index (χ3v) is 6.63. The average Bonchev–Trinajstić information content (AvgIpc) is 3.37. The first-order chi connectivity index (χ1) is 13.6. The fraction of sp³-hybridized carbons (Fsp3) is 0.550. The van der Waals surface area contributed by atoms with Gasteiger partial charge in [-0.1, -0.05) is 48.6 Å². The molecule has 0 unspecified atom stereocenters. The molecule has 0 aliphatic carbocycles. The highest BCUT2D eigenvalue weighted by atomic mass is 32.2. The molecule has 0 saturated carbocycles. The van der Waals surface area contributed by atoms with Gasteiger partial charge in [-0.2, -0.15) is 0 Å². The van der Waals surface area contributed by atoms with Crippen molar-refractivity contribution in [2.45, 2.75) is 61.6 Å². The highest BCUT2D eigenvalue weighted by molar-refractivity contribution is 8.02. The summed E-state index contributed by atoms with van der Waals surface area (Å²) in [6.07, 6.45) is 5.79. The molecule has 0 bridgehead atoms. The van der Waals surface area contributed by atoms with Crippen LogP contribution in [0.1, 0.15) is 45.1 Å². The number of amides is 1. The highest BCUT2D eigenvalue weighted by Crippen LogP contribution is 2.30. The van der Waals surface area contributed by atoms with Crippen LogP contribution in [0.25, 0.3) is 0 Å². The van der Waals surface area contributed by atoms with Gasteiger partial charge in [0.15, 0.2) is 4.34 Å². The molecule has 1 aliphatic rings. The van der Waals surface area contributed by atoms with Gasteiger partial charge in [-0.15, -0.1) is 10.2 Å². The van der Waals surface area contributed by atoms with Crippen molar-refractivity contribution in [2.75, 3.05) is 18.5 Å². The van der Waals surface area contributed by atoms with Crippen LogP contribution in [-0.2, 0) is 16.0 Å². The Morgan fingerprint density at radius 3 is 2.89 bits per heavy atom. The third kappa shape index (κ3) is 6.46. The van der Waals surface area contributed by atoms with Crippen LogP contribution in [0.5, 0.6) is 0 Å². The minimum atomic E-state index is -0.222. The maximum atomic E-state index is 12.3. The molecule has 3 rings (SSSR count). The van der Waals surface area contributed by atoms with E-state index in [1.54, 1.807) is 0 Å². The summed E-state index contributed by atoms with van der Waals surface area (Å²) in [6.45, 7) is 5.47. The van der Waals surface area contributed by atoms with Gasteiger partial charge in [-0.05, 0) is 50.3 Å². The smallest absolute Gasteiger partial charge is 0.233 e. The number of nitrogens with one attached hydrogen (secondary N) is 2. The molecule has 1 aliphatic heterocycles. The number of anilines is 2. The van der Waals surface area contributed by atoms with Crippen molar-refractivity contribution in [2.24, 2.45) is 0 Å². The van der Waals surface area contributed by atoms with Crippen molar-refractivity contribution >= 4 is 39.8 Å². The molecule has 0 radical (unpaired) electrons. The van der Waals surface area contributed by atoms with Crippen LogP contribution in [-0.4, -0.2) is 40.6 Å². The number of carbonyl (C=O) groups excluding carboxylic acids is 1. The second-order valence-corrected chi connectivity index (χ2v) is 9.50. The molecule has 8 heteroatoms. The lowest BCUT2D eigenvalue weighted by Gasteiger charge is -2.13. The summed E-state index contributed by atoms with van der Waals surface area (Å²) < 4.78 is 6.32. The zero-order chi connectivity index (χ0) is 19.8. The van der Waals surface area contributed by atoms with Crippen molar-refractivity contribution in [3.8, 4) is 0 Å². The number of ether oxygens (including phenoxy) is 1. The first kappa shape index (κ1) is 21.1. The van der Waals surface area contributed by atoms with Gasteiger partial charge in [0, 0.05) is 18.8 Å². The standard InChI is InChI=1S/C20H28N4O2S2/c1-3-4-6-15-8-10-16(11-9-15)22-19-23-24-20(28-19)27-14(2)18(25)21-13-17-7-5-12-26-17/h8-11,14,17H,3-7,12-13H2,1-2H3,(H,21,25)(H,22,23)/t14-,17+/m0/s1. The van der Waals surface area contributed by atoms with Gasteiger partial charge in [0.1, 0.15) is 0 Å². The van der Waals surface area contributed by atoms with Crippen LogP contribution in [0.15, 0.2) is 28.6 Å². The Morgan fingerprint density at radius 2 is 2.18 bits per heavy atom. The van der Waals surface area contributed by atoms with Gasteiger partial charge >= 0.3 is 0 Å². The summed E-state index contributed by atoms with van der Waals surface area (Å²) >= 11 is 2.89. The van der Waals surface area contributed by atoms with Crippen LogP contribution in [0, 0.1) is 0 Å². The molecule has 1 amide bonds. The second-order valence-electron chi connectivity index (χ2n) is 6.94. The minimum absolute atomic E-state index is 0.00729. The van der Waals surface area contributed by atoms with Crippen LogP contribution >= 0.6 is 23.1 Å². The monoisotopic (exact) mass is 420 g/mol. The summed E-state index contributed by atoms with van der Waals surface area (Å²) in [5.74, 6) is 0.00729. The predicted molar refractivity (Wildman–Crippen MR) is 116 cm³/mol. The summed E-state index contributed by atoms with van der Waals surface area (Å²) in [6, 6.07) is 8.44. The van der Waals surface area contributed by atoms with Gasteiger partial charge in [-0.3, -0.25) is 4.79 Å². The molecule has 1 aromatic heterocycles. The van der Waals surface area contributed by atoms with Crippen molar-refractivity contribution in [1.29, 1.82) is 0 Å². The van der Waals surface area contributed by atoms with E-state index in [-0.39, 0.29) is 17.3 Å². The van der Waals surface area contributed by atoms with Crippen molar-refractivity contribution in [1.82, 2.24) is 15.5 Å². The van der Waals surface area contributed by atoms with Crippen LogP contribution < -0.4 is 10.6 Å². The summed E-state index contributed by atoms with van der Waals surface area (Å²) in [5.41, 5.74) is 2.35. The minimum Gasteiger partial charge on any atom is -0.376 e. The SMILES string of the molecule is CCCCc1ccc(Nc2nnc(S[C@@H](C)C(=O)NC[C@H]3CCCO3)s2)cc1. The Bertz CT molecular complexity index is 745. The van der Waals surface area contributed by atoms with Crippen molar-refractivity contribution < 1.29 is 9.53 Å². The van der Waals surface area contributed by atoms with E-state index in [9.17, 15) is 4.79 Å². The lowest BCUT2D eigenvalue weighted by molar-refractivity contribution is -0.120. The van der Waals surface area contributed by atoms with Gasteiger partial charge in [0.2, 0.25) is 11.0 Å².